The van der Waals surface area contributed by atoms with Crippen LogP contribution in [-0.4, -0.2) is 4.57 Å². The molecule has 0 spiro atoms. The summed E-state index contributed by atoms with van der Waals surface area (Å²) in [4.78, 5) is 2.48. The fraction of sp³-hybridized carbons (Fsp3) is 0. The first kappa shape index (κ1) is 28.4. The van der Waals surface area contributed by atoms with Crippen molar-refractivity contribution in [3.8, 4) is 16.8 Å². The fourth-order valence-corrected chi connectivity index (χ4v) is 8.01. The van der Waals surface area contributed by atoms with Crippen molar-refractivity contribution in [3.63, 3.8) is 0 Å². The molecule has 0 fully saturated rings. The summed E-state index contributed by atoms with van der Waals surface area (Å²) in [5.41, 5.74) is 9.35. The summed E-state index contributed by atoms with van der Waals surface area (Å²) < 4.78 is 2.40. The first-order valence-electron chi connectivity index (χ1n) is 17.2. The van der Waals surface area contributed by atoms with Crippen molar-refractivity contribution in [2.24, 2.45) is 0 Å². The Morgan fingerprint density at radius 2 is 0.900 bits per heavy atom. The van der Waals surface area contributed by atoms with Gasteiger partial charge in [-0.25, -0.2) is 0 Å². The van der Waals surface area contributed by atoms with E-state index in [4.69, 9.17) is 0 Å². The molecule has 1 heterocycles. The molecule has 0 amide bonds. The minimum atomic E-state index is 1.10. The number of para-hydroxylation sites is 3. The highest BCUT2D eigenvalue weighted by molar-refractivity contribution is 6.24. The Morgan fingerprint density at radius 3 is 1.68 bits per heavy atom. The highest BCUT2D eigenvalue weighted by Crippen LogP contribution is 2.51. The van der Waals surface area contributed by atoms with Crippen molar-refractivity contribution in [2.45, 2.75) is 0 Å². The maximum absolute atomic E-state index is 2.48. The molecule has 0 saturated heterocycles. The van der Waals surface area contributed by atoms with E-state index < -0.39 is 0 Å². The van der Waals surface area contributed by atoms with Gasteiger partial charge in [0, 0.05) is 38.8 Å². The van der Waals surface area contributed by atoms with Gasteiger partial charge >= 0.3 is 0 Å². The topological polar surface area (TPSA) is 8.17 Å². The van der Waals surface area contributed by atoms with E-state index in [0.29, 0.717) is 0 Å². The monoisotopic (exact) mass is 636 g/mol. The van der Waals surface area contributed by atoms with Gasteiger partial charge in [0.05, 0.1) is 16.7 Å². The lowest BCUT2D eigenvalue weighted by Crippen LogP contribution is -2.12. The zero-order valence-corrected chi connectivity index (χ0v) is 27.4. The predicted molar refractivity (Wildman–Crippen MR) is 213 cm³/mol. The molecule has 10 aromatic rings. The third-order valence-corrected chi connectivity index (χ3v) is 10.1. The molecule has 2 nitrogen and oxygen atoms in total. The summed E-state index contributed by atoms with van der Waals surface area (Å²) in [6.07, 6.45) is 0. The number of hydrogen-bond acceptors (Lipinski definition) is 1. The van der Waals surface area contributed by atoms with Gasteiger partial charge in [0.25, 0.3) is 0 Å². The molecule has 1 aromatic heterocycles. The van der Waals surface area contributed by atoms with Gasteiger partial charge in [-0.05, 0) is 75.0 Å². The zero-order chi connectivity index (χ0) is 33.0. The smallest absolute Gasteiger partial charge is 0.0625 e. The number of benzene rings is 9. The van der Waals surface area contributed by atoms with E-state index in [0.717, 1.165) is 17.1 Å². The molecule has 0 aliphatic carbocycles. The van der Waals surface area contributed by atoms with Crippen molar-refractivity contribution in [1.82, 2.24) is 4.57 Å². The lowest BCUT2D eigenvalue weighted by Gasteiger charge is -2.31. The van der Waals surface area contributed by atoms with Crippen LogP contribution in [0, 0.1) is 0 Å². The quantitative estimate of drug-likeness (QED) is 0.171. The van der Waals surface area contributed by atoms with Gasteiger partial charge < -0.3 is 9.47 Å². The summed E-state index contributed by atoms with van der Waals surface area (Å²) in [7, 11) is 0. The zero-order valence-electron chi connectivity index (χ0n) is 27.4. The van der Waals surface area contributed by atoms with Crippen LogP contribution in [0.5, 0.6) is 0 Å². The van der Waals surface area contributed by atoms with Crippen LogP contribution >= 0.6 is 0 Å². The van der Waals surface area contributed by atoms with Crippen LogP contribution in [0.3, 0.4) is 0 Å². The van der Waals surface area contributed by atoms with E-state index in [2.05, 4.69) is 204 Å². The van der Waals surface area contributed by atoms with Crippen molar-refractivity contribution < 1.29 is 0 Å². The number of anilines is 3. The normalized spacial score (nSPS) is 11.6. The molecule has 0 saturated carbocycles. The minimum absolute atomic E-state index is 1.10. The molecule has 50 heavy (non-hydrogen) atoms. The van der Waals surface area contributed by atoms with Gasteiger partial charge in [0.2, 0.25) is 0 Å². The highest BCUT2D eigenvalue weighted by atomic mass is 15.1. The molecule has 9 aromatic carbocycles. The molecule has 0 radical (unpaired) electrons. The Bertz CT molecular complexity index is 2860. The van der Waals surface area contributed by atoms with Gasteiger partial charge in [-0.15, -0.1) is 0 Å². The summed E-state index contributed by atoms with van der Waals surface area (Å²) in [6.45, 7) is 0. The molecule has 0 unspecified atom stereocenters. The Kier molecular flexibility index (Phi) is 6.53. The van der Waals surface area contributed by atoms with Gasteiger partial charge in [0.1, 0.15) is 0 Å². The number of fused-ring (bicyclic) bond motifs is 7. The molecule has 10 rings (SSSR count). The van der Waals surface area contributed by atoms with Gasteiger partial charge in [-0.1, -0.05) is 152 Å². The van der Waals surface area contributed by atoms with Crippen LogP contribution in [0.15, 0.2) is 194 Å². The Balaban J connectivity index is 1.37. The number of hydrogen-bond donors (Lipinski definition) is 0. The Hall–Kier alpha value is -6.64. The van der Waals surface area contributed by atoms with Crippen LogP contribution in [0.1, 0.15) is 0 Å². The van der Waals surface area contributed by atoms with Crippen LogP contribution in [-0.2, 0) is 0 Å². The van der Waals surface area contributed by atoms with Crippen molar-refractivity contribution >= 4 is 71.2 Å². The summed E-state index contributed by atoms with van der Waals surface area (Å²) in [5, 5.41) is 9.89. The van der Waals surface area contributed by atoms with E-state index in [-0.39, 0.29) is 0 Å². The van der Waals surface area contributed by atoms with Crippen LogP contribution in [0.4, 0.5) is 17.1 Å². The second-order valence-corrected chi connectivity index (χ2v) is 12.9. The molecule has 0 atom stereocenters. The molecule has 0 N–H and O–H groups in total. The largest absolute Gasteiger partial charge is 0.309 e. The minimum Gasteiger partial charge on any atom is -0.309 e. The van der Waals surface area contributed by atoms with Crippen molar-refractivity contribution in [2.75, 3.05) is 4.90 Å². The molecular formula is C48H32N2. The molecular weight excluding hydrogens is 605 g/mol. The van der Waals surface area contributed by atoms with Crippen LogP contribution in [0.2, 0.25) is 0 Å². The molecule has 0 aliphatic heterocycles. The molecule has 2 heteroatoms. The van der Waals surface area contributed by atoms with Crippen molar-refractivity contribution in [3.05, 3.63) is 194 Å². The van der Waals surface area contributed by atoms with Crippen LogP contribution < -0.4 is 4.90 Å². The standard InChI is InChI=1S/C48H32N2/c1-3-18-34(19-4-1)49(36-30-31-41-40-25-13-14-29-45(40)50(46(41)32-36)35-20-5-2-6-21-35)48-44-27-12-10-24-39(44)38-23-9-11-26-43(38)47(48)42-28-15-17-33-16-7-8-22-37(33)42/h1-32H. The molecule has 0 bridgehead atoms. The Morgan fingerprint density at radius 1 is 0.340 bits per heavy atom. The second-order valence-electron chi connectivity index (χ2n) is 12.9. The van der Waals surface area contributed by atoms with Gasteiger partial charge in [-0.2, -0.15) is 0 Å². The summed E-state index contributed by atoms with van der Waals surface area (Å²) >= 11 is 0. The summed E-state index contributed by atoms with van der Waals surface area (Å²) in [5.74, 6) is 0. The van der Waals surface area contributed by atoms with Gasteiger partial charge in [-0.3, -0.25) is 0 Å². The maximum Gasteiger partial charge on any atom is 0.0625 e. The SMILES string of the molecule is c1ccc(N(c2ccc3c4ccccc4n(-c4ccccc4)c3c2)c2c(-c3cccc4ccccc34)c3ccccc3c3ccccc23)cc1. The van der Waals surface area contributed by atoms with E-state index in [1.165, 1.54) is 70.9 Å². The average molecular weight is 637 g/mol. The third kappa shape index (κ3) is 4.36. The predicted octanol–water partition coefficient (Wildman–Crippen LogP) is 13.4. The molecule has 234 valence electrons. The first-order chi connectivity index (χ1) is 24.8. The van der Waals surface area contributed by atoms with E-state index >= 15 is 0 Å². The lowest BCUT2D eigenvalue weighted by atomic mass is 9.88. The number of aromatic nitrogens is 1. The fourth-order valence-electron chi connectivity index (χ4n) is 8.01. The van der Waals surface area contributed by atoms with Gasteiger partial charge in [0.15, 0.2) is 0 Å². The van der Waals surface area contributed by atoms with E-state index in [1.807, 2.05) is 0 Å². The molecule has 0 aliphatic rings. The highest BCUT2D eigenvalue weighted by Gasteiger charge is 2.25. The Labute approximate surface area is 290 Å². The summed E-state index contributed by atoms with van der Waals surface area (Å²) in [6, 6.07) is 70.5. The second kappa shape index (κ2) is 11.5. The van der Waals surface area contributed by atoms with E-state index in [1.54, 1.807) is 0 Å². The first-order valence-corrected chi connectivity index (χ1v) is 17.2. The number of rotatable bonds is 5. The van der Waals surface area contributed by atoms with Crippen LogP contribution in [0.25, 0.3) is 70.9 Å². The maximum atomic E-state index is 2.48. The van der Waals surface area contributed by atoms with E-state index in [9.17, 15) is 0 Å². The third-order valence-electron chi connectivity index (χ3n) is 10.1. The average Bonchev–Trinajstić information content (AvgIpc) is 3.52. The number of nitrogens with zero attached hydrogens (tertiary/aromatic N) is 2. The van der Waals surface area contributed by atoms with Crippen molar-refractivity contribution in [1.29, 1.82) is 0 Å². The lowest BCUT2D eigenvalue weighted by molar-refractivity contribution is 1.18.